The number of halogens is 1. The second-order valence-corrected chi connectivity index (χ2v) is 5.99. The van der Waals surface area contributed by atoms with Gasteiger partial charge in [0.15, 0.2) is 0 Å². The summed E-state index contributed by atoms with van der Waals surface area (Å²) in [5, 5.41) is 2.96. The fourth-order valence-electron chi connectivity index (χ4n) is 1.71. The molecule has 1 aliphatic rings. The predicted molar refractivity (Wildman–Crippen MR) is 69.7 cm³/mol. The van der Waals surface area contributed by atoms with Gasteiger partial charge in [-0.15, -0.1) is 0 Å². The molecule has 1 aromatic rings. The predicted octanol–water partition coefficient (Wildman–Crippen LogP) is 3.28. The quantitative estimate of drug-likeness (QED) is 0.834. The van der Waals surface area contributed by atoms with E-state index in [0.29, 0.717) is 0 Å². The van der Waals surface area contributed by atoms with Crippen molar-refractivity contribution < 1.29 is 4.79 Å². The number of benzene rings is 1. The zero-order valence-corrected chi connectivity index (χ0v) is 11.0. The van der Waals surface area contributed by atoms with Crippen LogP contribution in [-0.2, 0) is 4.79 Å². The van der Waals surface area contributed by atoms with Gasteiger partial charge in [-0.3, -0.25) is 4.79 Å². The highest BCUT2D eigenvalue weighted by Crippen LogP contribution is 2.51. The van der Waals surface area contributed by atoms with Crippen LogP contribution in [0.25, 0.3) is 0 Å². The molecule has 0 aliphatic heterocycles. The first-order valence-electron chi connectivity index (χ1n) is 5.05. The van der Waals surface area contributed by atoms with E-state index in [9.17, 15) is 4.79 Å². The minimum absolute atomic E-state index is 0.155. The van der Waals surface area contributed by atoms with Crippen molar-refractivity contribution in [3.8, 4) is 0 Å². The lowest BCUT2D eigenvalue weighted by atomic mass is 10.1. The Hall–Kier alpha value is -0.580. The second kappa shape index (κ2) is 3.77. The van der Waals surface area contributed by atoms with Crippen molar-refractivity contribution in [3.63, 3.8) is 0 Å². The van der Waals surface area contributed by atoms with Crippen molar-refractivity contribution in [2.75, 3.05) is 5.32 Å². The smallest absolute Gasteiger partial charge is 0.228 e. The first-order chi connectivity index (χ1) is 6.99. The van der Waals surface area contributed by atoms with Crippen molar-refractivity contribution in [1.82, 2.24) is 0 Å². The molecule has 1 unspecified atom stereocenters. The number of nitrogens with one attached hydrogen (secondary N) is 1. The third-order valence-corrected chi connectivity index (χ3v) is 3.59. The molecule has 1 N–H and O–H groups in total. The van der Waals surface area contributed by atoms with E-state index in [1.54, 1.807) is 0 Å². The number of carbonyl (C=O) groups is 1. The average molecular weight is 315 g/mol. The van der Waals surface area contributed by atoms with E-state index in [4.69, 9.17) is 0 Å². The number of anilines is 1. The molecule has 0 spiro atoms. The molecule has 1 aliphatic carbocycles. The van der Waals surface area contributed by atoms with Gasteiger partial charge in [-0.05, 0) is 52.6 Å². The molecule has 1 fully saturated rings. The highest BCUT2D eigenvalue weighted by Gasteiger charge is 2.50. The first-order valence-corrected chi connectivity index (χ1v) is 6.13. The van der Waals surface area contributed by atoms with Crippen LogP contribution in [0, 0.1) is 14.9 Å². The zero-order valence-electron chi connectivity index (χ0n) is 8.88. The summed E-state index contributed by atoms with van der Waals surface area (Å²) in [6, 6.07) is 7.87. The summed E-state index contributed by atoms with van der Waals surface area (Å²) in [5.74, 6) is 0.345. The highest BCUT2D eigenvalue weighted by molar-refractivity contribution is 14.1. The molecule has 2 nitrogen and oxygen atoms in total. The van der Waals surface area contributed by atoms with Crippen LogP contribution in [0.5, 0.6) is 0 Å². The van der Waals surface area contributed by atoms with E-state index < -0.39 is 0 Å². The Labute approximate surface area is 104 Å². The van der Waals surface area contributed by atoms with E-state index in [2.05, 4.69) is 41.8 Å². The monoisotopic (exact) mass is 315 g/mol. The summed E-state index contributed by atoms with van der Waals surface area (Å²) in [4.78, 5) is 11.8. The molecule has 80 valence electrons. The molecular weight excluding hydrogens is 301 g/mol. The molecule has 3 heteroatoms. The first kappa shape index (κ1) is 10.9. The number of hydrogen-bond acceptors (Lipinski definition) is 1. The van der Waals surface area contributed by atoms with Crippen LogP contribution in [0.2, 0.25) is 0 Å². The third kappa shape index (κ3) is 2.51. The van der Waals surface area contributed by atoms with Gasteiger partial charge in [0.2, 0.25) is 5.91 Å². The summed E-state index contributed by atoms with van der Waals surface area (Å²) in [6.07, 6.45) is 1.00. The molecule has 15 heavy (non-hydrogen) atoms. The lowest BCUT2D eigenvalue weighted by Gasteiger charge is -2.06. The van der Waals surface area contributed by atoms with Crippen molar-refractivity contribution in [3.05, 3.63) is 27.8 Å². The third-order valence-electron chi connectivity index (χ3n) is 2.92. The standard InChI is InChI=1S/C12H14INO/c1-12(2)7-10(12)11(15)14-9-5-3-4-8(13)6-9/h3-6,10H,7H2,1-2H3,(H,14,15). The highest BCUT2D eigenvalue weighted by atomic mass is 127. The van der Waals surface area contributed by atoms with Gasteiger partial charge in [-0.1, -0.05) is 19.9 Å². The van der Waals surface area contributed by atoms with Crippen molar-refractivity contribution in [2.24, 2.45) is 11.3 Å². The largest absolute Gasteiger partial charge is 0.326 e. The zero-order chi connectivity index (χ0) is 11.1. The van der Waals surface area contributed by atoms with Crippen LogP contribution in [-0.4, -0.2) is 5.91 Å². The molecule has 1 atom stereocenters. The van der Waals surface area contributed by atoms with Crippen molar-refractivity contribution >= 4 is 34.2 Å². The molecular formula is C12H14INO. The van der Waals surface area contributed by atoms with E-state index in [1.807, 2.05) is 24.3 Å². The molecule has 2 rings (SSSR count). The van der Waals surface area contributed by atoms with Gasteiger partial charge >= 0.3 is 0 Å². The molecule has 1 amide bonds. The molecule has 1 aromatic carbocycles. The van der Waals surface area contributed by atoms with Crippen molar-refractivity contribution in [2.45, 2.75) is 20.3 Å². The van der Waals surface area contributed by atoms with Crippen LogP contribution in [0.4, 0.5) is 5.69 Å². The maximum Gasteiger partial charge on any atom is 0.228 e. The number of carbonyl (C=O) groups excluding carboxylic acids is 1. The Morgan fingerprint density at radius 3 is 2.73 bits per heavy atom. The molecule has 1 saturated carbocycles. The van der Waals surface area contributed by atoms with Gasteiger partial charge in [-0.2, -0.15) is 0 Å². The molecule has 0 radical (unpaired) electrons. The maximum absolute atomic E-state index is 11.8. The van der Waals surface area contributed by atoms with E-state index in [0.717, 1.165) is 15.7 Å². The fraction of sp³-hybridized carbons (Fsp3) is 0.417. The van der Waals surface area contributed by atoms with Gasteiger partial charge in [0.25, 0.3) is 0 Å². The van der Waals surface area contributed by atoms with Crippen LogP contribution in [0.1, 0.15) is 20.3 Å². The van der Waals surface area contributed by atoms with Gasteiger partial charge in [0, 0.05) is 15.2 Å². The minimum Gasteiger partial charge on any atom is -0.326 e. The number of amides is 1. The maximum atomic E-state index is 11.8. The van der Waals surface area contributed by atoms with Gasteiger partial charge in [0.1, 0.15) is 0 Å². The Balaban J connectivity index is 2.01. The SMILES string of the molecule is CC1(C)CC1C(=O)Nc1cccc(I)c1. The Kier molecular flexibility index (Phi) is 2.75. The Bertz CT molecular complexity index is 400. The van der Waals surface area contributed by atoms with Gasteiger partial charge in [-0.25, -0.2) is 0 Å². The normalized spacial score (nSPS) is 22.2. The topological polar surface area (TPSA) is 29.1 Å². The van der Waals surface area contributed by atoms with E-state index >= 15 is 0 Å². The minimum atomic E-state index is 0.155. The summed E-state index contributed by atoms with van der Waals surface area (Å²) in [6.45, 7) is 4.26. The summed E-state index contributed by atoms with van der Waals surface area (Å²) < 4.78 is 1.14. The van der Waals surface area contributed by atoms with Crippen molar-refractivity contribution in [1.29, 1.82) is 0 Å². The summed E-state index contributed by atoms with van der Waals surface area (Å²) in [7, 11) is 0. The average Bonchev–Trinajstić information content (AvgIpc) is 2.75. The van der Waals surface area contributed by atoms with Crippen LogP contribution >= 0.6 is 22.6 Å². The summed E-state index contributed by atoms with van der Waals surface area (Å²) >= 11 is 2.24. The van der Waals surface area contributed by atoms with Crippen LogP contribution in [0.3, 0.4) is 0 Å². The fourth-order valence-corrected chi connectivity index (χ4v) is 2.25. The molecule has 0 bridgehead atoms. The van der Waals surface area contributed by atoms with E-state index in [1.165, 1.54) is 0 Å². The molecule has 0 heterocycles. The Morgan fingerprint density at radius 2 is 2.20 bits per heavy atom. The van der Waals surface area contributed by atoms with Crippen LogP contribution < -0.4 is 5.32 Å². The Morgan fingerprint density at radius 1 is 1.53 bits per heavy atom. The van der Waals surface area contributed by atoms with Gasteiger partial charge in [0.05, 0.1) is 0 Å². The molecule has 0 saturated heterocycles. The van der Waals surface area contributed by atoms with Gasteiger partial charge < -0.3 is 5.32 Å². The number of rotatable bonds is 2. The second-order valence-electron chi connectivity index (χ2n) is 4.74. The lowest BCUT2D eigenvalue weighted by molar-refractivity contribution is -0.117. The van der Waals surface area contributed by atoms with E-state index in [-0.39, 0.29) is 17.2 Å². The number of hydrogen-bond donors (Lipinski definition) is 1. The molecule has 0 aromatic heterocycles. The summed E-state index contributed by atoms with van der Waals surface area (Å²) in [5.41, 5.74) is 1.10. The van der Waals surface area contributed by atoms with Crippen LogP contribution in [0.15, 0.2) is 24.3 Å². The lowest BCUT2D eigenvalue weighted by Crippen LogP contribution is -2.16.